The maximum atomic E-state index is 12.6. The van der Waals surface area contributed by atoms with E-state index in [1.54, 1.807) is 0 Å². The Kier molecular flexibility index (Phi) is 5.77. The molecule has 0 aromatic heterocycles. The highest BCUT2D eigenvalue weighted by molar-refractivity contribution is 5.92. The monoisotopic (exact) mass is 318 g/mol. The lowest BCUT2D eigenvalue weighted by Gasteiger charge is -2.40. The minimum Gasteiger partial charge on any atom is -0.395 e. The smallest absolute Gasteiger partial charge is 0.239 e. The van der Waals surface area contributed by atoms with E-state index in [0.717, 1.165) is 24.8 Å². The summed E-state index contributed by atoms with van der Waals surface area (Å²) in [4.78, 5) is 24.2. The van der Waals surface area contributed by atoms with Crippen LogP contribution in [0.15, 0.2) is 24.3 Å². The first kappa shape index (κ1) is 17.5. The highest BCUT2D eigenvalue weighted by atomic mass is 16.3. The summed E-state index contributed by atoms with van der Waals surface area (Å²) in [6.07, 6.45) is 2.66. The van der Waals surface area contributed by atoms with E-state index in [1.807, 2.05) is 12.1 Å². The van der Waals surface area contributed by atoms with Gasteiger partial charge in [0.25, 0.3) is 0 Å². The van der Waals surface area contributed by atoms with E-state index >= 15 is 0 Å². The van der Waals surface area contributed by atoms with Crippen LogP contribution in [0, 0.1) is 0 Å². The second-order valence-corrected chi connectivity index (χ2v) is 6.47. The van der Waals surface area contributed by atoms with Crippen LogP contribution in [0.5, 0.6) is 0 Å². The van der Waals surface area contributed by atoms with Crippen LogP contribution >= 0.6 is 0 Å². The molecule has 126 valence electrons. The van der Waals surface area contributed by atoms with Crippen molar-refractivity contribution in [2.75, 3.05) is 19.7 Å². The SMILES string of the molecule is CC(C)c1ccc(C2(C(=O)NCC(=O)NCCO)CCC2)cc1. The fraction of sp³-hybridized carbons (Fsp3) is 0.556. The van der Waals surface area contributed by atoms with Gasteiger partial charge in [-0.3, -0.25) is 9.59 Å². The molecule has 2 rings (SSSR count). The van der Waals surface area contributed by atoms with E-state index in [-0.39, 0.29) is 31.5 Å². The fourth-order valence-electron chi connectivity index (χ4n) is 2.95. The van der Waals surface area contributed by atoms with E-state index in [4.69, 9.17) is 5.11 Å². The van der Waals surface area contributed by atoms with Gasteiger partial charge in [-0.1, -0.05) is 44.5 Å². The highest BCUT2D eigenvalue weighted by Crippen LogP contribution is 2.44. The van der Waals surface area contributed by atoms with Crippen molar-refractivity contribution in [2.24, 2.45) is 0 Å². The third-order valence-corrected chi connectivity index (χ3v) is 4.62. The second-order valence-electron chi connectivity index (χ2n) is 6.47. The van der Waals surface area contributed by atoms with Gasteiger partial charge in [0, 0.05) is 6.54 Å². The van der Waals surface area contributed by atoms with Crippen molar-refractivity contribution < 1.29 is 14.7 Å². The van der Waals surface area contributed by atoms with Crippen LogP contribution in [0.25, 0.3) is 0 Å². The van der Waals surface area contributed by atoms with Crippen molar-refractivity contribution in [3.05, 3.63) is 35.4 Å². The van der Waals surface area contributed by atoms with Gasteiger partial charge in [-0.25, -0.2) is 0 Å². The summed E-state index contributed by atoms with van der Waals surface area (Å²) in [7, 11) is 0. The molecule has 1 aromatic rings. The minimum absolute atomic E-state index is 0.0509. The Balaban J connectivity index is 2.02. The molecule has 0 aliphatic heterocycles. The molecule has 1 aliphatic rings. The van der Waals surface area contributed by atoms with Gasteiger partial charge < -0.3 is 15.7 Å². The molecule has 0 unspecified atom stereocenters. The van der Waals surface area contributed by atoms with E-state index in [2.05, 4.69) is 36.6 Å². The zero-order chi connectivity index (χ0) is 16.9. The average Bonchev–Trinajstić information content (AvgIpc) is 2.50. The zero-order valence-electron chi connectivity index (χ0n) is 13.9. The van der Waals surface area contributed by atoms with Crippen molar-refractivity contribution in [1.29, 1.82) is 0 Å². The molecule has 0 saturated heterocycles. The summed E-state index contributed by atoms with van der Waals surface area (Å²) in [6.45, 7) is 4.34. The molecule has 0 radical (unpaired) electrons. The van der Waals surface area contributed by atoms with Crippen LogP contribution in [0.2, 0.25) is 0 Å². The van der Waals surface area contributed by atoms with Gasteiger partial charge in [0.15, 0.2) is 0 Å². The number of hydrogen-bond donors (Lipinski definition) is 3. The lowest BCUT2D eigenvalue weighted by atomic mass is 9.63. The number of nitrogens with one attached hydrogen (secondary N) is 2. The average molecular weight is 318 g/mol. The number of amides is 2. The molecule has 23 heavy (non-hydrogen) atoms. The van der Waals surface area contributed by atoms with Gasteiger partial charge in [-0.15, -0.1) is 0 Å². The van der Waals surface area contributed by atoms with Crippen molar-refractivity contribution in [3.8, 4) is 0 Å². The maximum Gasteiger partial charge on any atom is 0.239 e. The Morgan fingerprint density at radius 3 is 2.30 bits per heavy atom. The molecule has 3 N–H and O–H groups in total. The number of carbonyl (C=O) groups is 2. The summed E-state index contributed by atoms with van der Waals surface area (Å²) in [5, 5.41) is 13.9. The molecule has 5 heteroatoms. The molecule has 0 bridgehead atoms. The van der Waals surface area contributed by atoms with E-state index in [9.17, 15) is 9.59 Å². The van der Waals surface area contributed by atoms with Crippen molar-refractivity contribution in [3.63, 3.8) is 0 Å². The van der Waals surface area contributed by atoms with Crippen LogP contribution in [0.3, 0.4) is 0 Å². The van der Waals surface area contributed by atoms with Gasteiger partial charge in [0.1, 0.15) is 0 Å². The zero-order valence-corrected chi connectivity index (χ0v) is 13.9. The Morgan fingerprint density at radius 2 is 1.83 bits per heavy atom. The molecule has 1 aromatic carbocycles. The molecule has 5 nitrogen and oxygen atoms in total. The van der Waals surface area contributed by atoms with Crippen molar-refractivity contribution >= 4 is 11.8 Å². The summed E-state index contributed by atoms with van der Waals surface area (Å²) in [6, 6.07) is 8.25. The first-order valence-electron chi connectivity index (χ1n) is 8.26. The molecule has 1 fully saturated rings. The molecular formula is C18H26N2O3. The van der Waals surface area contributed by atoms with Crippen LogP contribution in [-0.2, 0) is 15.0 Å². The van der Waals surface area contributed by atoms with Crippen molar-refractivity contribution in [1.82, 2.24) is 10.6 Å². The number of aliphatic hydroxyl groups is 1. The van der Waals surface area contributed by atoms with Crippen LogP contribution < -0.4 is 10.6 Å². The molecule has 0 heterocycles. The molecule has 1 saturated carbocycles. The van der Waals surface area contributed by atoms with Gasteiger partial charge >= 0.3 is 0 Å². The summed E-state index contributed by atoms with van der Waals surface area (Å²) in [5.41, 5.74) is 1.79. The highest BCUT2D eigenvalue weighted by Gasteiger charge is 2.45. The Morgan fingerprint density at radius 1 is 1.17 bits per heavy atom. The third-order valence-electron chi connectivity index (χ3n) is 4.62. The van der Waals surface area contributed by atoms with Gasteiger partial charge in [-0.05, 0) is 29.9 Å². The first-order chi connectivity index (χ1) is 11.0. The largest absolute Gasteiger partial charge is 0.395 e. The lowest BCUT2D eigenvalue weighted by Crippen LogP contribution is -2.51. The topological polar surface area (TPSA) is 78.4 Å². The molecule has 0 atom stereocenters. The molecule has 0 spiro atoms. The van der Waals surface area contributed by atoms with Gasteiger partial charge in [0.2, 0.25) is 11.8 Å². The van der Waals surface area contributed by atoms with E-state index in [1.165, 1.54) is 5.56 Å². The first-order valence-corrected chi connectivity index (χ1v) is 8.26. The van der Waals surface area contributed by atoms with Crippen LogP contribution in [0.4, 0.5) is 0 Å². The van der Waals surface area contributed by atoms with E-state index in [0.29, 0.717) is 5.92 Å². The second kappa shape index (κ2) is 7.59. The van der Waals surface area contributed by atoms with Crippen molar-refractivity contribution in [2.45, 2.75) is 44.4 Å². The Hall–Kier alpha value is -1.88. The van der Waals surface area contributed by atoms with Gasteiger partial charge in [0.05, 0.1) is 18.6 Å². The van der Waals surface area contributed by atoms with Crippen LogP contribution in [-0.4, -0.2) is 36.6 Å². The molecule has 1 aliphatic carbocycles. The Bertz CT molecular complexity index is 548. The summed E-state index contributed by atoms with van der Waals surface area (Å²) in [5.74, 6) is 0.0997. The quantitative estimate of drug-likeness (QED) is 0.712. The fourth-order valence-corrected chi connectivity index (χ4v) is 2.95. The molecule has 2 amide bonds. The number of carbonyl (C=O) groups excluding carboxylic acids is 2. The normalized spacial score (nSPS) is 15.8. The Labute approximate surface area is 137 Å². The third kappa shape index (κ3) is 3.91. The minimum atomic E-state index is -0.493. The summed E-state index contributed by atoms with van der Waals surface area (Å²) >= 11 is 0. The van der Waals surface area contributed by atoms with Gasteiger partial charge in [-0.2, -0.15) is 0 Å². The number of rotatable bonds is 7. The predicted molar refractivity (Wildman–Crippen MR) is 89.2 cm³/mol. The van der Waals surface area contributed by atoms with E-state index < -0.39 is 5.41 Å². The van der Waals surface area contributed by atoms with Crippen LogP contribution in [0.1, 0.15) is 50.2 Å². The molecular weight excluding hydrogens is 292 g/mol. The number of hydrogen-bond acceptors (Lipinski definition) is 3. The lowest BCUT2D eigenvalue weighted by molar-refractivity contribution is -0.132. The number of benzene rings is 1. The maximum absolute atomic E-state index is 12.6. The standard InChI is InChI=1S/C18H26N2O3/c1-13(2)14-4-6-15(7-5-14)18(8-3-9-18)17(23)20-12-16(22)19-10-11-21/h4-7,13,21H,3,8-12H2,1-2H3,(H,19,22)(H,20,23). The summed E-state index contributed by atoms with van der Waals surface area (Å²) < 4.78 is 0. The number of aliphatic hydroxyl groups excluding tert-OH is 1. The predicted octanol–water partition coefficient (Wildman–Crippen LogP) is 1.46.